The van der Waals surface area contributed by atoms with Gasteiger partial charge in [-0.3, -0.25) is 4.79 Å². The van der Waals surface area contributed by atoms with Crippen molar-refractivity contribution in [2.24, 2.45) is 0 Å². The van der Waals surface area contributed by atoms with Gasteiger partial charge in [0.1, 0.15) is 16.5 Å². The van der Waals surface area contributed by atoms with Gasteiger partial charge in [-0.25, -0.2) is 9.97 Å². The van der Waals surface area contributed by atoms with Gasteiger partial charge in [0, 0.05) is 23.8 Å². The summed E-state index contributed by atoms with van der Waals surface area (Å²) in [7, 11) is 0. The van der Waals surface area contributed by atoms with E-state index in [-0.39, 0.29) is 5.91 Å². The standard InChI is InChI=1S/C20H21ClN4OS/c1-12-16-18(25-9-4-3-5-10-25)22-13(2)23-20(16)27-17(12)19(26)24-15-8-6-7-14(21)11-15/h6-8,11H,3-5,9-10H2,1-2H3,(H,24,26). The molecule has 0 saturated carbocycles. The molecule has 0 radical (unpaired) electrons. The predicted molar refractivity (Wildman–Crippen MR) is 112 cm³/mol. The molecule has 0 bridgehead atoms. The minimum atomic E-state index is -0.139. The summed E-state index contributed by atoms with van der Waals surface area (Å²) in [6, 6.07) is 7.17. The Hall–Kier alpha value is -2.18. The van der Waals surface area contributed by atoms with Crippen LogP contribution in [-0.2, 0) is 0 Å². The smallest absolute Gasteiger partial charge is 0.266 e. The first kappa shape index (κ1) is 18.2. The first-order valence-corrected chi connectivity index (χ1v) is 10.3. The van der Waals surface area contributed by atoms with Crippen LogP contribution < -0.4 is 10.2 Å². The van der Waals surface area contributed by atoms with Gasteiger partial charge in [0.05, 0.1) is 10.3 Å². The van der Waals surface area contributed by atoms with Crippen molar-refractivity contribution in [3.8, 4) is 0 Å². The van der Waals surface area contributed by atoms with E-state index in [2.05, 4.69) is 15.2 Å². The number of aryl methyl sites for hydroxylation is 2. The monoisotopic (exact) mass is 400 g/mol. The number of nitrogens with one attached hydrogen (secondary N) is 1. The van der Waals surface area contributed by atoms with Crippen LogP contribution in [0.3, 0.4) is 0 Å². The molecule has 0 spiro atoms. The minimum Gasteiger partial charge on any atom is -0.356 e. The average Bonchev–Trinajstić information content (AvgIpc) is 2.98. The maximum atomic E-state index is 12.9. The highest BCUT2D eigenvalue weighted by Crippen LogP contribution is 2.36. The van der Waals surface area contributed by atoms with Gasteiger partial charge in [0.2, 0.25) is 0 Å². The van der Waals surface area contributed by atoms with E-state index in [0.29, 0.717) is 15.6 Å². The van der Waals surface area contributed by atoms with E-state index < -0.39 is 0 Å². The van der Waals surface area contributed by atoms with Crippen LogP contribution in [0.4, 0.5) is 11.5 Å². The Morgan fingerprint density at radius 1 is 1.19 bits per heavy atom. The maximum Gasteiger partial charge on any atom is 0.266 e. The SMILES string of the molecule is Cc1nc(N2CCCCC2)c2c(C)c(C(=O)Nc3cccc(Cl)c3)sc2n1. The summed E-state index contributed by atoms with van der Waals surface area (Å²) in [5, 5.41) is 4.54. The van der Waals surface area contributed by atoms with Gasteiger partial charge in [-0.05, 0) is 56.9 Å². The molecule has 1 aromatic carbocycles. The lowest BCUT2D eigenvalue weighted by molar-refractivity contribution is 0.103. The number of rotatable bonds is 3. The van der Waals surface area contributed by atoms with E-state index in [1.54, 1.807) is 12.1 Å². The third-order valence-corrected chi connectivity index (χ3v) is 6.25. The zero-order chi connectivity index (χ0) is 19.0. The summed E-state index contributed by atoms with van der Waals surface area (Å²) in [4.78, 5) is 26.1. The van der Waals surface area contributed by atoms with Crippen molar-refractivity contribution < 1.29 is 4.79 Å². The first-order valence-electron chi connectivity index (χ1n) is 9.12. The van der Waals surface area contributed by atoms with Crippen molar-refractivity contribution in [2.45, 2.75) is 33.1 Å². The number of hydrogen-bond donors (Lipinski definition) is 1. The molecule has 7 heteroatoms. The summed E-state index contributed by atoms with van der Waals surface area (Å²) in [6.07, 6.45) is 3.62. The highest BCUT2D eigenvalue weighted by molar-refractivity contribution is 7.20. The van der Waals surface area contributed by atoms with Crippen molar-refractivity contribution in [3.63, 3.8) is 0 Å². The Balaban J connectivity index is 1.74. The zero-order valence-corrected chi connectivity index (χ0v) is 17.0. The van der Waals surface area contributed by atoms with Gasteiger partial charge in [-0.15, -0.1) is 11.3 Å². The molecule has 1 N–H and O–H groups in total. The molecule has 3 aromatic rings. The summed E-state index contributed by atoms with van der Waals surface area (Å²) in [6.45, 7) is 5.90. The number of piperidine rings is 1. The van der Waals surface area contributed by atoms with Crippen molar-refractivity contribution in [2.75, 3.05) is 23.3 Å². The molecule has 27 heavy (non-hydrogen) atoms. The molecule has 0 unspecified atom stereocenters. The number of halogens is 1. The summed E-state index contributed by atoms with van der Waals surface area (Å²) < 4.78 is 0. The number of amides is 1. The number of benzene rings is 1. The van der Waals surface area contributed by atoms with Gasteiger partial charge in [-0.2, -0.15) is 0 Å². The average molecular weight is 401 g/mol. The Bertz CT molecular complexity index is 1010. The molecule has 0 aliphatic carbocycles. The molecular formula is C20H21ClN4OS. The zero-order valence-electron chi connectivity index (χ0n) is 15.4. The Labute approximate surface area is 167 Å². The Morgan fingerprint density at radius 3 is 2.70 bits per heavy atom. The second-order valence-electron chi connectivity index (χ2n) is 6.84. The third-order valence-electron chi connectivity index (χ3n) is 4.83. The molecule has 2 aromatic heterocycles. The number of anilines is 2. The minimum absolute atomic E-state index is 0.139. The fraction of sp³-hybridized carbons (Fsp3) is 0.350. The number of carbonyl (C=O) groups excluding carboxylic acids is 1. The molecule has 4 rings (SSSR count). The van der Waals surface area contributed by atoms with Crippen LogP contribution in [0.1, 0.15) is 40.3 Å². The fourth-order valence-electron chi connectivity index (χ4n) is 3.53. The van der Waals surface area contributed by atoms with E-state index in [9.17, 15) is 4.79 Å². The summed E-state index contributed by atoms with van der Waals surface area (Å²) in [5.41, 5.74) is 1.62. The van der Waals surface area contributed by atoms with Crippen LogP contribution in [-0.4, -0.2) is 29.0 Å². The van der Waals surface area contributed by atoms with E-state index in [1.165, 1.54) is 30.6 Å². The van der Waals surface area contributed by atoms with E-state index in [4.69, 9.17) is 16.6 Å². The number of carbonyl (C=O) groups is 1. The molecule has 0 atom stereocenters. The normalized spacial score (nSPS) is 14.6. The molecule has 5 nitrogen and oxygen atoms in total. The third kappa shape index (κ3) is 3.64. The summed E-state index contributed by atoms with van der Waals surface area (Å²) in [5.74, 6) is 1.57. The highest BCUT2D eigenvalue weighted by atomic mass is 35.5. The van der Waals surface area contributed by atoms with Gasteiger partial charge in [0.25, 0.3) is 5.91 Å². The molecule has 1 amide bonds. The molecule has 1 aliphatic heterocycles. The number of fused-ring (bicyclic) bond motifs is 1. The quantitative estimate of drug-likeness (QED) is 0.656. The predicted octanol–water partition coefficient (Wildman–Crippen LogP) is 5.20. The van der Waals surface area contributed by atoms with Crippen molar-refractivity contribution in [1.82, 2.24) is 9.97 Å². The number of thiophene rings is 1. The van der Waals surface area contributed by atoms with Gasteiger partial charge in [-0.1, -0.05) is 17.7 Å². The van der Waals surface area contributed by atoms with Crippen LogP contribution in [0, 0.1) is 13.8 Å². The highest BCUT2D eigenvalue weighted by Gasteiger charge is 2.23. The number of nitrogens with zero attached hydrogens (tertiary/aromatic N) is 3. The van der Waals surface area contributed by atoms with E-state index >= 15 is 0 Å². The molecule has 140 valence electrons. The van der Waals surface area contributed by atoms with Crippen LogP contribution in [0.5, 0.6) is 0 Å². The molecule has 1 fully saturated rings. The second-order valence-corrected chi connectivity index (χ2v) is 8.28. The van der Waals surface area contributed by atoms with Crippen LogP contribution >= 0.6 is 22.9 Å². The lowest BCUT2D eigenvalue weighted by atomic mass is 10.1. The summed E-state index contributed by atoms with van der Waals surface area (Å²) >= 11 is 7.45. The topological polar surface area (TPSA) is 58.1 Å². The molecule has 3 heterocycles. The number of hydrogen-bond acceptors (Lipinski definition) is 5. The van der Waals surface area contributed by atoms with Crippen molar-refractivity contribution in [3.05, 3.63) is 45.6 Å². The van der Waals surface area contributed by atoms with Crippen LogP contribution in [0.2, 0.25) is 5.02 Å². The van der Waals surface area contributed by atoms with Gasteiger partial charge >= 0.3 is 0 Å². The maximum absolute atomic E-state index is 12.9. The molecule has 1 aliphatic rings. The van der Waals surface area contributed by atoms with Gasteiger partial charge in [0.15, 0.2) is 0 Å². The Morgan fingerprint density at radius 2 is 1.96 bits per heavy atom. The van der Waals surface area contributed by atoms with Crippen molar-refractivity contribution in [1.29, 1.82) is 0 Å². The lowest BCUT2D eigenvalue weighted by Gasteiger charge is -2.28. The first-order chi connectivity index (χ1) is 13.0. The van der Waals surface area contributed by atoms with Crippen molar-refractivity contribution >= 4 is 50.6 Å². The number of aromatic nitrogens is 2. The Kier molecular flexibility index (Phi) is 5.02. The van der Waals surface area contributed by atoms with Crippen LogP contribution in [0.25, 0.3) is 10.2 Å². The van der Waals surface area contributed by atoms with E-state index in [0.717, 1.165) is 40.5 Å². The molecule has 1 saturated heterocycles. The fourth-order valence-corrected chi connectivity index (χ4v) is 4.83. The van der Waals surface area contributed by atoms with Gasteiger partial charge < -0.3 is 10.2 Å². The lowest BCUT2D eigenvalue weighted by Crippen LogP contribution is -2.30. The largest absolute Gasteiger partial charge is 0.356 e. The van der Waals surface area contributed by atoms with E-state index in [1.807, 2.05) is 26.0 Å². The molecular weight excluding hydrogens is 380 g/mol. The second kappa shape index (κ2) is 7.44. The van der Waals surface area contributed by atoms with Crippen LogP contribution in [0.15, 0.2) is 24.3 Å².